The molecule has 0 fully saturated rings. The third kappa shape index (κ3) is 7.87. The summed E-state index contributed by atoms with van der Waals surface area (Å²) in [5.74, 6) is -0.0814. The van der Waals surface area contributed by atoms with Crippen molar-refractivity contribution in [2.45, 2.75) is 6.92 Å². The first-order valence-corrected chi connectivity index (χ1v) is 13.7. The van der Waals surface area contributed by atoms with Gasteiger partial charge in [-0.05, 0) is 61.0 Å². The summed E-state index contributed by atoms with van der Waals surface area (Å²) in [7, 11) is 0. The third-order valence-corrected chi connectivity index (χ3v) is 6.67. The Labute approximate surface area is 241 Å². The SMILES string of the molecule is Cc1ccc(NC(=O)COc2cccc(/C=N/NC(=O)c3ccc(-c4csc(Nc5ccccc5)n4)cc3)c2)cc1. The van der Waals surface area contributed by atoms with Gasteiger partial charge in [0, 0.05) is 27.9 Å². The molecule has 4 aromatic carbocycles. The van der Waals surface area contributed by atoms with Gasteiger partial charge in [0.25, 0.3) is 11.8 Å². The molecule has 5 aromatic rings. The fourth-order valence-corrected chi connectivity index (χ4v) is 4.54. The van der Waals surface area contributed by atoms with Crippen LogP contribution in [0.3, 0.4) is 0 Å². The van der Waals surface area contributed by atoms with Gasteiger partial charge in [0.2, 0.25) is 0 Å². The highest BCUT2D eigenvalue weighted by molar-refractivity contribution is 7.14. The van der Waals surface area contributed by atoms with E-state index in [0.29, 0.717) is 22.6 Å². The molecular weight excluding hydrogens is 534 g/mol. The van der Waals surface area contributed by atoms with E-state index in [4.69, 9.17) is 4.74 Å². The fraction of sp³-hybridized carbons (Fsp3) is 0.0625. The first kappa shape index (κ1) is 27.3. The summed E-state index contributed by atoms with van der Waals surface area (Å²) in [4.78, 5) is 29.4. The largest absolute Gasteiger partial charge is 0.484 e. The monoisotopic (exact) mass is 561 g/mol. The van der Waals surface area contributed by atoms with E-state index in [1.165, 1.54) is 17.6 Å². The molecule has 2 amide bonds. The van der Waals surface area contributed by atoms with Crippen LogP contribution in [0.15, 0.2) is 114 Å². The lowest BCUT2D eigenvalue weighted by molar-refractivity contribution is -0.118. The van der Waals surface area contributed by atoms with E-state index in [2.05, 4.69) is 26.1 Å². The van der Waals surface area contributed by atoms with Crippen LogP contribution in [0.5, 0.6) is 5.75 Å². The van der Waals surface area contributed by atoms with Crippen molar-refractivity contribution >= 4 is 45.9 Å². The minimum absolute atomic E-state index is 0.132. The van der Waals surface area contributed by atoms with Crippen molar-refractivity contribution < 1.29 is 14.3 Å². The van der Waals surface area contributed by atoms with Crippen LogP contribution in [0, 0.1) is 6.92 Å². The number of rotatable bonds is 10. The molecule has 1 heterocycles. The molecule has 0 saturated carbocycles. The summed E-state index contributed by atoms with van der Waals surface area (Å²) in [5.41, 5.74) is 8.26. The zero-order chi connectivity index (χ0) is 28.4. The van der Waals surface area contributed by atoms with E-state index >= 15 is 0 Å². The molecule has 204 valence electrons. The van der Waals surface area contributed by atoms with Gasteiger partial charge in [-0.2, -0.15) is 5.10 Å². The number of aryl methyl sites for hydroxylation is 1. The quantitative estimate of drug-likeness (QED) is 0.131. The minimum Gasteiger partial charge on any atom is -0.484 e. The number of carbonyl (C=O) groups excluding carboxylic acids is 2. The molecule has 0 spiro atoms. The topological polar surface area (TPSA) is 105 Å². The average molecular weight is 562 g/mol. The van der Waals surface area contributed by atoms with Gasteiger partial charge in [-0.1, -0.05) is 60.2 Å². The molecule has 0 bridgehead atoms. The zero-order valence-corrected chi connectivity index (χ0v) is 23.0. The van der Waals surface area contributed by atoms with Gasteiger partial charge in [0.05, 0.1) is 11.9 Å². The predicted molar refractivity (Wildman–Crippen MR) is 164 cm³/mol. The maximum Gasteiger partial charge on any atom is 0.271 e. The first-order valence-electron chi connectivity index (χ1n) is 12.8. The zero-order valence-electron chi connectivity index (χ0n) is 22.2. The van der Waals surface area contributed by atoms with Gasteiger partial charge in [-0.3, -0.25) is 9.59 Å². The van der Waals surface area contributed by atoms with Gasteiger partial charge < -0.3 is 15.4 Å². The van der Waals surface area contributed by atoms with Crippen LogP contribution in [0.4, 0.5) is 16.5 Å². The summed E-state index contributed by atoms with van der Waals surface area (Å²) in [6.07, 6.45) is 1.52. The number of para-hydroxylation sites is 1. The van der Waals surface area contributed by atoms with Crippen LogP contribution >= 0.6 is 11.3 Å². The molecule has 8 nitrogen and oxygen atoms in total. The number of benzene rings is 4. The molecule has 41 heavy (non-hydrogen) atoms. The molecule has 0 aliphatic rings. The van der Waals surface area contributed by atoms with E-state index in [1.54, 1.807) is 30.3 Å². The maximum absolute atomic E-state index is 12.6. The van der Waals surface area contributed by atoms with Gasteiger partial charge in [-0.15, -0.1) is 11.3 Å². The lowest BCUT2D eigenvalue weighted by Crippen LogP contribution is -2.20. The minimum atomic E-state index is -0.335. The number of hydrogen-bond donors (Lipinski definition) is 3. The van der Waals surface area contributed by atoms with Gasteiger partial charge in [0.1, 0.15) is 5.75 Å². The molecule has 0 atom stereocenters. The maximum atomic E-state index is 12.6. The second kappa shape index (κ2) is 13.2. The molecule has 1 aromatic heterocycles. The number of nitrogens with one attached hydrogen (secondary N) is 3. The highest BCUT2D eigenvalue weighted by atomic mass is 32.1. The second-order valence-corrected chi connectivity index (χ2v) is 9.94. The second-order valence-electron chi connectivity index (χ2n) is 9.08. The van der Waals surface area contributed by atoms with Crippen LogP contribution in [0.1, 0.15) is 21.5 Å². The molecule has 0 unspecified atom stereocenters. The van der Waals surface area contributed by atoms with Crippen molar-refractivity contribution in [2.75, 3.05) is 17.2 Å². The molecular formula is C32H27N5O3S. The van der Waals surface area contributed by atoms with Crippen LogP contribution in [-0.2, 0) is 4.79 Å². The Bertz CT molecular complexity index is 1650. The normalized spacial score (nSPS) is 10.8. The summed E-state index contributed by atoms with van der Waals surface area (Å²) >= 11 is 1.52. The van der Waals surface area contributed by atoms with Crippen LogP contribution < -0.4 is 20.8 Å². The number of carbonyl (C=O) groups is 2. The number of aromatic nitrogens is 1. The molecule has 0 saturated heterocycles. The number of hydrogen-bond acceptors (Lipinski definition) is 7. The van der Waals surface area contributed by atoms with Gasteiger partial charge >= 0.3 is 0 Å². The summed E-state index contributed by atoms with van der Waals surface area (Å²) in [6.45, 7) is 1.85. The van der Waals surface area contributed by atoms with Crippen molar-refractivity contribution in [2.24, 2.45) is 5.10 Å². The summed E-state index contributed by atoms with van der Waals surface area (Å²) < 4.78 is 5.61. The van der Waals surface area contributed by atoms with Crippen LogP contribution in [-0.4, -0.2) is 29.6 Å². The molecule has 0 aliphatic heterocycles. The number of amides is 2. The Morgan fingerprint density at radius 3 is 2.46 bits per heavy atom. The lowest BCUT2D eigenvalue weighted by atomic mass is 10.1. The van der Waals surface area contributed by atoms with Crippen molar-refractivity contribution in [3.8, 4) is 17.0 Å². The predicted octanol–water partition coefficient (Wildman–Crippen LogP) is 6.64. The number of ether oxygens (including phenoxy) is 1. The Morgan fingerprint density at radius 2 is 1.68 bits per heavy atom. The first-order chi connectivity index (χ1) is 20.0. The number of thiazole rings is 1. The Hall–Kier alpha value is -5.28. The lowest BCUT2D eigenvalue weighted by Gasteiger charge is -2.08. The average Bonchev–Trinajstić information content (AvgIpc) is 3.46. The molecule has 3 N–H and O–H groups in total. The smallest absolute Gasteiger partial charge is 0.271 e. The Balaban J connectivity index is 1.11. The van der Waals surface area contributed by atoms with Crippen LogP contribution in [0.25, 0.3) is 11.3 Å². The molecule has 5 rings (SSSR count). The summed E-state index contributed by atoms with van der Waals surface area (Å²) in [5, 5.41) is 12.9. The standard InChI is InChI=1S/C32H27N5O3S/c1-22-10-16-27(17-11-22)34-30(38)20-40-28-9-5-6-23(18-28)19-33-37-31(39)25-14-12-24(13-15-25)29-21-41-32(36-29)35-26-7-3-2-4-8-26/h2-19,21H,20H2,1H3,(H,34,38)(H,35,36)(H,37,39)/b33-19+. The number of anilines is 3. The van der Waals surface area contributed by atoms with Crippen molar-refractivity contribution in [3.05, 3.63) is 125 Å². The van der Waals surface area contributed by atoms with Crippen molar-refractivity contribution in [1.29, 1.82) is 0 Å². The molecule has 0 aliphatic carbocycles. The highest BCUT2D eigenvalue weighted by Crippen LogP contribution is 2.27. The summed E-state index contributed by atoms with van der Waals surface area (Å²) in [6, 6.07) is 31.7. The third-order valence-electron chi connectivity index (χ3n) is 5.92. The van der Waals surface area contributed by atoms with E-state index in [1.807, 2.05) is 85.1 Å². The molecule has 0 radical (unpaired) electrons. The van der Waals surface area contributed by atoms with E-state index in [9.17, 15) is 9.59 Å². The Morgan fingerprint density at radius 1 is 0.902 bits per heavy atom. The van der Waals surface area contributed by atoms with Crippen molar-refractivity contribution in [1.82, 2.24) is 10.4 Å². The molecule has 9 heteroatoms. The van der Waals surface area contributed by atoms with Crippen molar-refractivity contribution in [3.63, 3.8) is 0 Å². The van der Waals surface area contributed by atoms with Gasteiger partial charge in [0.15, 0.2) is 11.7 Å². The number of hydrazone groups is 1. The van der Waals surface area contributed by atoms with E-state index in [-0.39, 0.29) is 18.4 Å². The van der Waals surface area contributed by atoms with Crippen LogP contribution in [0.2, 0.25) is 0 Å². The van der Waals surface area contributed by atoms with E-state index < -0.39 is 0 Å². The highest BCUT2D eigenvalue weighted by Gasteiger charge is 2.09. The number of nitrogens with zero attached hydrogens (tertiary/aromatic N) is 2. The van der Waals surface area contributed by atoms with E-state index in [0.717, 1.165) is 27.6 Å². The van der Waals surface area contributed by atoms with Gasteiger partial charge in [-0.25, -0.2) is 10.4 Å². The Kier molecular flexibility index (Phi) is 8.78. The fourth-order valence-electron chi connectivity index (χ4n) is 3.80.